The third-order valence-electron chi connectivity index (χ3n) is 3.27. The molecule has 0 amide bonds. The summed E-state index contributed by atoms with van der Waals surface area (Å²) < 4.78 is 26.6. The first kappa shape index (κ1) is 15.4. The van der Waals surface area contributed by atoms with Crippen molar-refractivity contribution in [2.24, 2.45) is 0 Å². The second-order valence-corrected chi connectivity index (χ2v) is 7.49. The fraction of sp³-hybridized carbons (Fsp3) is 0.636. The number of aromatic carboxylic acids is 1. The van der Waals surface area contributed by atoms with E-state index in [1.54, 1.807) is 0 Å². The second-order valence-electron chi connectivity index (χ2n) is 4.73. The van der Waals surface area contributed by atoms with Crippen LogP contribution < -0.4 is 4.72 Å². The van der Waals surface area contributed by atoms with Gasteiger partial charge in [-0.2, -0.15) is 0 Å². The van der Waals surface area contributed by atoms with Crippen LogP contribution in [-0.2, 0) is 10.0 Å². The topological polar surface area (TPSA) is 117 Å². The first-order valence-electron chi connectivity index (χ1n) is 6.29. The number of nitrogens with one attached hydrogen (secondary N) is 1. The van der Waals surface area contributed by atoms with Crippen LogP contribution in [0.15, 0.2) is 9.72 Å². The Bertz CT molecular complexity index is 583. The van der Waals surface area contributed by atoms with Crippen LogP contribution in [0.3, 0.4) is 0 Å². The van der Waals surface area contributed by atoms with Gasteiger partial charge in [-0.3, -0.25) is 0 Å². The molecular weight excluding hydrogens is 304 g/mol. The maximum atomic E-state index is 12.2. The van der Waals surface area contributed by atoms with E-state index in [1.165, 1.54) is 5.51 Å². The molecule has 1 aromatic heterocycles. The fourth-order valence-corrected chi connectivity index (χ4v) is 4.71. The standard InChI is InChI=1S/C11H16N2O5S2/c14-8-5-3-1-2-4-7(8)13-20(17,18)11-9(10(15)16)12-6-19-11/h6-8,13-14H,1-5H2,(H,15,16). The van der Waals surface area contributed by atoms with Gasteiger partial charge >= 0.3 is 5.97 Å². The number of sulfonamides is 1. The summed E-state index contributed by atoms with van der Waals surface area (Å²) in [5.74, 6) is -1.38. The summed E-state index contributed by atoms with van der Waals surface area (Å²) >= 11 is 0.756. The molecule has 1 aliphatic carbocycles. The van der Waals surface area contributed by atoms with Crippen molar-refractivity contribution in [3.63, 3.8) is 0 Å². The van der Waals surface area contributed by atoms with Crippen LogP contribution in [0, 0.1) is 0 Å². The number of aromatic nitrogens is 1. The molecule has 0 saturated heterocycles. The first-order chi connectivity index (χ1) is 9.42. The molecule has 1 saturated carbocycles. The Balaban J connectivity index is 2.22. The highest BCUT2D eigenvalue weighted by atomic mass is 32.2. The predicted molar refractivity (Wildman–Crippen MR) is 72.3 cm³/mol. The van der Waals surface area contributed by atoms with Crippen molar-refractivity contribution in [3.8, 4) is 0 Å². The van der Waals surface area contributed by atoms with Gasteiger partial charge in [-0.05, 0) is 12.8 Å². The Labute approximate surface area is 120 Å². The van der Waals surface area contributed by atoms with Crippen molar-refractivity contribution in [2.75, 3.05) is 0 Å². The summed E-state index contributed by atoms with van der Waals surface area (Å²) in [6.45, 7) is 0. The number of nitrogens with zero attached hydrogens (tertiary/aromatic N) is 1. The molecule has 2 atom stereocenters. The molecule has 1 aliphatic rings. The Morgan fingerprint density at radius 1 is 1.35 bits per heavy atom. The number of carboxylic acid groups (broad SMARTS) is 1. The van der Waals surface area contributed by atoms with Gasteiger partial charge in [-0.1, -0.05) is 19.3 Å². The van der Waals surface area contributed by atoms with Crippen LogP contribution in [0.25, 0.3) is 0 Å². The summed E-state index contributed by atoms with van der Waals surface area (Å²) in [4.78, 5) is 14.5. The van der Waals surface area contributed by atoms with E-state index in [2.05, 4.69) is 9.71 Å². The molecule has 0 aliphatic heterocycles. The molecule has 9 heteroatoms. The molecule has 1 fully saturated rings. The number of rotatable bonds is 4. The van der Waals surface area contributed by atoms with Crippen LogP contribution in [0.1, 0.15) is 42.6 Å². The maximum Gasteiger partial charge on any atom is 0.356 e. The average Bonchev–Trinajstić information content (AvgIpc) is 2.79. The van der Waals surface area contributed by atoms with E-state index in [0.717, 1.165) is 30.6 Å². The molecule has 20 heavy (non-hydrogen) atoms. The summed E-state index contributed by atoms with van der Waals surface area (Å²) in [6.07, 6.45) is 2.99. The molecular formula is C11H16N2O5S2. The van der Waals surface area contributed by atoms with Gasteiger partial charge in [0.25, 0.3) is 10.0 Å². The summed E-state index contributed by atoms with van der Waals surface area (Å²) in [5, 5.41) is 18.9. The third kappa shape index (κ3) is 3.35. The van der Waals surface area contributed by atoms with Crippen LogP contribution in [0.5, 0.6) is 0 Å². The summed E-state index contributed by atoms with van der Waals surface area (Å²) in [5.41, 5.74) is 0.701. The van der Waals surface area contributed by atoms with E-state index in [-0.39, 0.29) is 4.21 Å². The lowest BCUT2D eigenvalue weighted by atomic mass is 10.1. The van der Waals surface area contributed by atoms with Gasteiger partial charge in [-0.15, -0.1) is 11.3 Å². The Kier molecular flexibility index (Phi) is 4.74. The van der Waals surface area contributed by atoms with E-state index >= 15 is 0 Å². The molecule has 0 aromatic carbocycles. The lowest BCUT2D eigenvalue weighted by molar-refractivity contribution is 0.0687. The minimum absolute atomic E-state index is 0.318. The number of aliphatic hydroxyl groups excluding tert-OH is 1. The monoisotopic (exact) mass is 320 g/mol. The van der Waals surface area contributed by atoms with Gasteiger partial charge in [0.05, 0.1) is 11.6 Å². The normalized spacial score (nSPS) is 24.2. The van der Waals surface area contributed by atoms with Crippen molar-refractivity contribution in [3.05, 3.63) is 11.2 Å². The Morgan fingerprint density at radius 3 is 2.75 bits per heavy atom. The van der Waals surface area contributed by atoms with Gasteiger partial charge in [0, 0.05) is 6.04 Å². The van der Waals surface area contributed by atoms with Crippen molar-refractivity contribution in [2.45, 2.75) is 48.5 Å². The van der Waals surface area contributed by atoms with Crippen LogP contribution in [-0.4, -0.2) is 41.7 Å². The highest BCUT2D eigenvalue weighted by Crippen LogP contribution is 2.23. The van der Waals surface area contributed by atoms with Crippen LogP contribution in [0.2, 0.25) is 0 Å². The number of thiazole rings is 1. The zero-order valence-corrected chi connectivity index (χ0v) is 12.3. The molecule has 1 aromatic rings. The highest BCUT2D eigenvalue weighted by molar-refractivity contribution is 7.91. The number of carbonyl (C=O) groups is 1. The zero-order valence-electron chi connectivity index (χ0n) is 10.7. The molecule has 0 radical (unpaired) electrons. The predicted octanol–water partition coefficient (Wildman–Crippen LogP) is 0.813. The number of hydrogen-bond donors (Lipinski definition) is 3. The van der Waals surface area contributed by atoms with Gasteiger partial charge in [0.1, 0.15) is 0 Å². The minimum Gasteiger partial charge on any atom is -0.476 e. The highest BCUT2D eigenvalue weighted by Gasteiger charge is 2.31. The van der Waals surface area contributed by atoms with Crippen molar-refractivity contribution < 1.29 is 23.4 Å². The number of aliphatic hydroxyl groups is 1. The van der Waals surface area contributed by atoms with Crippen LogP contribution in [0.4, 0.5) is 0 Å². The lowest BCUT2D eigenvalue weighted by Crippen LogP contribution is -2.42. The molecule has 112 valence electrons. The second kappa shape index (κ2) is 6.17. The van der Waals surface area contributed by atoms with Crippen LogP contribution >= 0.6 is 11.3 Å². The quantitative estimate of drug-likeness (QED) is 0.707. The molecule has 0 spiro atoms. The van der Waals surface area contributed by atoms with Crippen molar-refractivity contribution in [1.29, 1.82) is 0 Å². The van der Waals surface area contributed by atoms with E-state index in [9.17, 15) is 18.3 Å². The largest absolute Gasteiger partial charge is 0.476 e. The fourth-order valence-electron chi connectivity index (χ4n) is 2.25. The van der Waals surface area contributed by atoms with E-state index in [0.29, 0.717) is 12.8 Å². The van der Waals surface area contributed by atoms with Gasteiger partial charge < -0.3 is 10.2 Å². The lowest BCUT2D eigenvalue weighted by Gasteiger charge is -2.21. The molecule has 0 bridgehead atoms. The van der Waals surface area contributed by atoms with E-state index in [4.69, 9.17) is 5.11 Å². The number of carboxylic acids is 1. The minimum atomic E-state index is -3.98. The maximum absolute atomic E-state index is 12.2. The molecule has 3 N–H and O–H groups in total. The molecule has 7 nitrogen and oxygen atoms in total. The smallest absolute Gasteiger partial charge is 0.356 e. The van der Waals surface area contributed by atoms with Gasteiger partial charge in [0.2, 0.25) is 0 Å². The van der Waals surface area contributed by atoms with Gasteiger partial charge in [0.15, 0.2) is 9.90 Å². The number of hydrogen-bond acceptors (Lipinski definition) is 6. The molecule has 2 rings (SSSR count). The van der Waals surface area contributed by atoms with Crippen molar-refractivity contribution in [1.82, 2.24) is 9.71 Å². The van der Waals surface area contributed by atoms with Crippen molar-refractivity contribution >= 4 is 27.3 Å². The van der Waals surface area contributed by atoms with Gasteiger partial charge in [-0.25, -0.2) is 22.9 Å². The molecule has 1 heterocycles. The Hall–Kier alpha value is -1.03. The third-order valence-corrected chi connectivity index (χ3v) is 6.13. The Morgan fingerprint density at radius 2 is 2.05 bits per heavy atom. The zero-order chi connectivity index (χ0) is 14.8. The SMILES string of the molecule is O=C(O)c1ncsc1S(=O)(=O)NC1CCCCCC1O. The van der Waals surface area contributed by atoms with E-state index < -0.39 is 33.8 Å². The molecule has 2 unspecified atom stereocenters. The summed E-state index contributed by atoms with van der Waals surface area (Å²) in [7, 11) is -3.98. The summed E-state index contributed by atoms with van der Waals surface area (Å²) in [6, 6.07) is -0.578. The first-order valence-corrected chi connectivity index (χ1v) is 8.65. The average molecular weight is 320 g/mol. The van der Waals surface area contributed by atoms with E-state index in [1.807, 2.05) is 0 Å².